The van der Waals surface area contributed by atoms with Crippen LogP contribution in [0.4, 0.5) is 5.69 Å². The zero-order valence-corrected chi connectivity index (χ0v) is 19.2. The smallest absolute Gasteiger partial charge is 0.265 e. The fourth-order valence-corrected chi connectivity index (χ4v) is 4.64. The number of fused-ring (bicyclic) bond motifs is 2. The lowest BCUT2D eigenvalue weighted by Gasteiger charge is -2.35. The zero-order chi connectivity index (χ0) is 22.9. The van der Waals surface area contributed by atoms with Crippen LogP contribution in [0.25, 0.3) is 5.65 Å². The molecule has 0 spiro atoms. The van der Waals surface area contributed by atoms with E-state index in [-0.39, 0.29) is 18.4 Å². The van der Waals surface area contributed by atoms with Crippen LogP contribution in [-0.4, -0.2) is 70.3 Å². The Morgan fingerprint density at radius 1 is 1.09 bits per heavy atom. The van der Waals surface area contributed by atoms with E-state index in [1.165, 1.54) is 11.3 Å². The summed E-state index contributed by atoms with van der Waals surface area (Å²) < 4.78 is 7.65. The van der Waals surface area contributed by atoms with Gasteiger partial charge in [-0.15, -0.1) is 0 Å². The Balaban J connectivity index is 1.16. The monoisotopic (exact) mass is 447 g/mol. The second kappa shape index (κ2) is 8.86. The Bertz CT molecular complexity index is 1200. The van der Waals surface area contributed by atoms with E-state index in [0.717, 1.165) is 36.7 Å². The summed E-state index contributed by atoms with van der Waals surface area (Å²) in [5, 5.41) is 0. The van der Waals surface area contributed by atoms with Gasteiger partial charge in [0.05, 0.1) is 17.1 Å². The van der Waals surface area contributed by atoms with Crippen molar-refractivity contribution in [3.63, 3.8) is 0 Å². The van der Waals surface area contributed by atoms with Crippen LogP contribution in [0, 0.1) is 13.8 Å². The van der Waals surface area contributed by atoms with Crippen molar-refractivity contribution in [1.29, 1.82) is 0 Å². The van der Waals surface area contributed by atoms with Gasteiger partial charge >= 0.3 is 0 Å². The van der Waals surface area contributed by atoms with Gasteiger partial charge in [-0.25, -0.2) is 4.98 Å². The third-order valence-corrected chi connectivity index (χ3v) is 6.54. The molecule has 0 radical (unpaired) electrons. The van der Waals surface area contributed by atoms with Gasteiger partial charge in [0.15, 0.2) is 6.61 Å². The van der Waals surface area contributed by atoms with Crippen molar-refractivity contribution in [1.82, 2.24) is 19.2 Å². The average Bonchev–Trinajstić information content (AvgIpc) is 3.12. The number of rotatable bonds is 5. The number of carbonyl (C=O) groups is 2. The molecule has 5 rings (SSSR count). The predicted octanol–water partition coefficient (Wildman–Crippen LogP) is 2.41. The number of aryl methyl sites for hydroxylation is 2. The van der Waals surface area contributed by atoms with Gasteiger partial charge in [-0.1, -0.05) is 12.1 Å². The van der Waals surface area contributed by atoms with E-state index >= 15 is 0 Å². The first kappa shape index (κ1) is 21.5. The highest BCUT2D eigenvalue weighted by Gasteiger charge is 2.27. The number of amides is 2. The number of para-hydroxylation sites is 2. The van der Waals surface area contributed by atoms with Crippen molar-refractivity contribution in [3.8, 4) is 5.75 Å². The van der Waals surface area contributed by atoms with Crippen LogP contribution in [0.1, 0.15) is 23.4 Å². The molecule has 0 aliphatic carbocycles. The predicted molar refractivity (Wildman–Crippen MR) is 125 cm³/mol. The molecule has 0 unspecified atom stereocenters. The summed E-state index contributed by atoms with van der Waals surface area (Å²) in [5.41, 5.74) is 5.18. The summed E-state index contributed by atoms with van der Waals surface area (Å²) in [7, 11) is 0. The Morgan fingerprint density at radius 3 is 2.70 bits per heavy atom. The van der Waals surface area contributed by atoms with Crippen LogP contribution < -0.4 is 9.64 Å². The third kappa shape index (κ3) is 4.30. The van der Waals surface area contributed by atoms with Crippen LogP contribution in [0.3, 0.4) is 0 Å². The Hall–Kier alpha value is -3.39. The van der Waals surface area contributed by atoms with E-state index in [1.54, 1.807) is 4.90 Å². The molecule has 0 saturated carbocycles. The van der Waals surface area contributed by atoms with E-state index in [0.29, 0.717) is 31.8 Å². The minimum atomic E-state index is -0.107. The third-order valence-electron chi connectivity index (χ3n) is 6.54. The Kier molecular flexibility index (Phi) is 5.76. The SMILES string of the molecule is Cc1ccn2c(CN3CCN(C(=O)CCN4C(=O)COc5ccccc54)CC3)c(C)nc2c1. The van der Waals surface area contributed by atoms with Gasteiger partial charge < -0.3 is 18.9 Å². The highest BCUT2D eigenvalue weighted by molar-refractivity contribution is 5.98. The summed E-state index contributed by atoms with van der Waals surface area (Å²) in [5.74, 6) is 0.675. The molecule has 3 aromatic rings. The summed E-state index contributed by atoms with van der Waals surface area (Å²) in [6.45, 7) is 8.38. The molecule has 1 fully saturated rings. The second-order valence-electron chi connectivity index (χ2n) is 8.78. The van der Waals surface area contributed by atoms with Crippen molar-refractivity contribution in [2.75, 3.05) is 44.2 Å². The van der Waals surface area contributed by atoms with Crippen LogP contribution in [0.2, 0.25) is 0 Å². The van der Waals surface area contributed by atoms with Gasteiger partial charge in [0.1, 0.15) is 11.4 Å². The number of hydrogen-bond acceptors (Lipinski definition) is 5. The van der Waals surface area contributed by atoms with E-state index in [1.807, 2.05) is 29.2 Å². The maximum absolute atomic E-state index is 12.9. The molecule has 4 heterocycles. The first-order valence-electron chi connectivity index (χ1n) is 11.5. The van der Waals surface area contributed by atoms with E-state index < -0.39 is 0 Å². The molecule has 0 N–H and O–H groups in total. The molecule has 2 aliphatic rings. The topological polar surface area (TPSA) is 70.4 Å². The van der Waals surface area contributed by atoms with Crippen molar-refractivity contribution in [3.05, 3.63) is 59.5 Å². The largest absolute Gasteiger partial charge is 0.482 e. The van der Waals surface area contributed by atoms with Gasteiger partial charge in [-0.05, 0) is 43.7 Å². The van der Waals surface area contributed by atoms with E-state index in [4.69, 9.17) is 9.72 Å². The summed E-state index contributed by atoms with van der Waals surface area (Å²) in [6, 6.07) is 11.7. The normalized spacial score (nSPS) is 16.7. The molecule has 0 atom stereocenters. The van der Waals surface area contributed by atoms with Crippen LogP contribution in [0.15, 0.2) is 42.6 Å². The summed E-state index contributed by atoms with van der Waals surface area (Å²) >= 11 is 0. The number of carbonyl (C=O) groups excluding carboxylic acids is 2. The highest BCUT2D eigenvalue weighted by atomic mass is 16.5. The van der Waals surface area contributed by atoms with Gasteiger partial charge in [0.25, 0.3) is 5.91 Å². The molecule has 1 aromatic carbocycles. The molecule has 2 aliphatic heterocycles. The standard InChI is InChI=1S/C25H29N5O3/c1-18-7-9-29-21(19(2)26-23(29)15-18)16-27-11-13-28(14-12-27)24(31)8-10-30-20-5-3-4-6-22(20)33-17-25(30)32/h3-7,9,15H,8,10-14,16-17H2,1-2H3. The molecule has 0 bridgehead atoms. The molecule has 33 heavy (non-hydrogen) atoms. The Labute approximate surface area is 193 Å². The maximum Gasteiger partial charge on any atom is 0.265 e. The van der Waals surface area contributed by atoms with Gasteiger partial charge in [0.2, 0.25) is 5.91 Å². The van der Waals surface area contributed by atoms with Gasteiger partial charge in [-0.2, -0.15) is 0 Å². The quantitative estimate of drug-likeness (QED) is 0.601. The van der Waals surface area contributed by atoms with Gasteiger partial charge in [-0.3, -0.25) is 14.5 Å². The lowest BCUT2D eigenvalue weighted by molar-refractivity contribution is -0.132. The number of anilines is 1. The van der Waals surface area contributed by atoms with Crippen LogP contribution >= 0.6 is 0 Å². The minimum absolute atomic E-state index is 0.0200. The Morgan fingerprint density at radius 2 is 1.88 bits per heavy atom. The number of piperazine rings is 1. The maximum atomic E-state index is 12.9. The molecular weight excluding hydrogens is 418 g/mol. The number of imidazole rings is 1. The van der Waals surface area contributed by atoms with Crippen molar-refractivity contribution in [2.45, 2.75) is 26.8 Å². The fraction of sp³-hybridized carbons (Fsp3) is 0.400. The van der Waals surface area contributed by atoms with Gasteiger partial charge in [0, 0.05) is 51.9 Å². The highest BCUT2D eigenvalue weighted by Crippen LogP contribution is 2.31. The molecule has 8 heteroatoms. The number of aromatic nitrogens is 2. The number of benzene rings is 1. The van der Waals surface area contributed by atoms with Crippen LogP contribution in [-0.2, 0) is 16.1 Å². The first-order valence-corrected chi connectivity index (χ1v) is 11.5. The second-order valence-corrected chi connectivity index (χ2v) is 8.78. The molecule has 2 aromatic heterocycles. The average molecular weight is 448 g/mol. The molecule has 8 nitrogen and oxygen atoms in total. The van der Waals surface area contributed by atoms with Crippen LogP contribution in [0.5, 0.6) is 5.75 Å². The lowest BCUT2D eigenvalue weighted by atomic mass is 10.2. The van der Waals surface area contributed by atoms with Crippen molar-refractivity contribution >= 4 is 23.1 Å². The van der Waals surface area contributed by atoms with E-state index in [2.05, 4.69) is 41.5 Å². The van der Waals surface area contributed by atoms with Crippen molar-refractivity contribution < 1.29 is 14.3 Å². The number of nitrogens with zero attached hydrogens (tertiary/aromatic N) is 5. The molecule has 2 amide bonds. The zero-order valence-electron chi connectivity index (χ0n) is 19.2. The van der Waals surface area contributed by atoms with Crippen molar-refractivity contribution in [2.24, 2.45) is 0 Å². The van der Waals surface area contributed by atoms with E-state index in [9.17, 15) is 9.59 Å². The first-order chi connectivity index (χ1) is 16.0. The summed E-state index contributed by atoms with van der Waals surface area (Å²) in [4.78, 5) is 35.9. The molecular formula is C25H29N5O3. The molecule has 1 saturated heterocycles. The number of ether oxygens (including phenoxy) is 1. The number of pyridine rings is 1. The molecule has 172 valence electrons. The lowest BCUT2D eigenvalue weighted by Crippen LogP contribution is -2.49. The summed E-state index contributed by atoms with van der Waals surface area (Å²) in [6.07, 6.45) is 2.40. The minimum Gasteiger partial charge on any atom is -0.482 e. The fourth-order valence-electron chi connectivity index (χ4n) is 4.64. The number of hydrogen-bond donors (Lipinski definition) is 0.